The smallest absolute Gasteiger partial charge is 0.174 e. The lowest BCUT2D eigenvalue weighted by Crippen LogP contribution is -2.10. The van der Waals surface area contributed by atoms with E-state index in [-0.39, 0.29) is 0 Å². The molecular formula is C17H17IO4. The summed E-state index contributed by atoms with van der Waals surface area (Å²) in [5.74, 6) is 1.98. The number of hydrogen-bond donors (Lipinski definition) is 0. The maximum atomic E-state index is 10.9. The maximum absolute atomic E-state index is 10.9. The number of aryl methyl sites for hydroxylation is 1. The molecule has 2 aromatic carbocycles. The highest BCUT2D eigenvalue weighted by Crippen LogP contribution is 2.33. The molecule has 0 N–H and O–H groups in total. The Labute approximate surface area is 143 Å². The number of hydrogen-bond acceptors (Lipinski definition) is 4. The molecule has 116 valence electrons. The summed E-state index contributed by atoms with van der Waals surface area (Å²) in [5.41, 5.74) is 1.75. The first kappa shape index (κ1) is 16.6. The molecule has 0 saturated heterocycles. The predicted octanol–water partition coefficient (Wildman–Crippen LogP) is 3.88. The zero-order valence-electron chi connectivity index (χ0n) is 12.5. The third-order valence-electron chi connectivity index (χ3n) is 3.01. The Kier molecular flexibility index (Phi) is 6.06. The van der Waals surface area contributed by atoms with E-state index >= 15 is 0 Å². The van der Waals surface area contributed by atoms with Crippen molar-refractivity contribution in [1.29, 1.82) is 0 Å². The second kappa shape index (κ2) is 8.03. The first-order valence-electron chi connectivity index (χ1n) is 6.79. The zero-order valence-corrected chi connectivity index (χ0v) is 14.6. The van der Waals surface area contributed by atoms with Crippen LogP contribution >= 0.6 is 22.6 Å². The highest BCUT2D eigenvalue weighted by Gasteiger charge is 2.11. The fourth-order valence-corrected chi connectivity index (χ4v) is 2.67. The van der Waals surface area contributed by atoms with Crippen LogP contribution in [0.2, 0.25) is 0 Å². The fraction of sp³-hybridized carbons (Fsp3) is 0.235. The highest BCUT2D eigenvalue weighted by atomic mass is 127. The summed E-state index contributed by atoms with van der Waals surface area (Å²) in [4.78, 5) is 10.9. The molecule has 0 aliphatic heterocycles. The molecule has 0 heterocycles. The molecular weight excluding hydrogens is 395 g/mol. The van der Waals surface area contributed by atoms with E-state index in [9.17, 15) is 4.79 Å². The van der Waals surface area contributed by atoms with E-state index in [1.165, 1.54) is 5.56 Å². The standard InChI is InChI=1S/C17H17IO4/c1-12-3-5-14(6-4-12)21-7-8-22-17-15(18)9-13(11-19)10-16(17)20-2/h3-6,9-11H,7-8H2,1-2H3. The summed E-state index contributed by atoms with van der Waals surface area (Å²) in [6.45, 7) is 2.85. The summed E-state index contributed by atoms with van der Waals surface area (Å²) in [7, 11) is 1.55. The van der Waals surface area contributed by atoms with Gasteiger partial charge in [0.2, 0.25) is 0 Å². The van der Waals surface area contributed by atoms with Crippen LogP contribution in [0.3, 0.4) is 0 Å². The Morgan fingerprint density at radius 3 is 2.41 bits per heavy atom. The van der Waals surface area contributed by atoms with Gasteiger partial charge in [-0.3, -0.25) is 4.79 Å². The Balaban J connectivity index is 1.94. The van der Waals surface area contributed by atoms with Crippen molar-refractivity contribution < 1.29 is 19.0 Å². The molecule has 5 heteroatoms. The zero-order chi connectivity index (χ0) is 15.9. The van der Waals surface area contributed by atoms with Gasteiger partial charge in [-0.25, -0.2) is 0 Å². The molecule has 2 rings (SSSR count). The van der Waals surface area contributed by atoms with Crippen LogP contribution in [0.5, 0.6) is 17.2 Å². The van der Waals surface area contributed by atoms with Crippen molar-refractivity contribution in [2.75, 3.05) is 20.3 Å². The van der Waals surface area contributed by atoms with Crippen molar-refractivity contribution in [3.8, 4) is 17.2 Å². The molecule has 0 spiro atoms. The molecule has 22 heavy (non-hydrogen) atoms. The van der Waals surface area contributed by atoms with Gasteiger partial charge in [-0.15, -0.1) is 0 Å². The monoisotopic (exact) mass is 412 g/mol. The Morgan fingerprint density at radius 2 is 1.77 bits per heavy atom. The Hall–Kier alpha value is -1.76. The van der Waals surface area contributed by atoms with Crippen molar-refractivity contribution >= 4 is 28.9 Å². The third-order valence-corrected chi connectivity index (χ3v) is 3.81. The first-order chi connectivity index (χ1) is 10.6. The lowest BCUT2D eigenvalue weighted by atomic mass is 10.2. The van der Waals surface area contributed by atoms with E-state index in [1.807, 2.05) is 31.2 Å². The van der Waals surface area contributed by atoms with E-state index in [1.54, 1.807) is 19.2 Å². The van der Waals surface area contributed by atoms with E-state index in [0.717, 1.165) is 15.6 Å². The van der Waals surface area contributed by atoms with Crippen molar-refractivity contribution in [2.24, 2.45) is 0 Å². The van der Waals surface area contributed by atoms with E-state index in [0.29, 0.717) is 30.3 Å². The molecule has 0 unspecified atom stereocenters. The molecule has 0 amide bonds. The van der Waals surface area contributed by atoms with Crippen molar-refractivity contribution in [2.45, 2.75) is 6.92 Å². The van der Waals surface area contributed by atoms with Crippen LogP contribution in [0.1, 0.15) is 15.9 Å². The minimum atomic E-state index is 0.390. The second-order valence-corrected chi connectivity index (χ2v) is 5.82. The van der Waals surface area contributed by atoms with Crippen molar-refractivity contribution in [3.63, 3.8) is 0 Å². The first-order valence-corrected chi connectivity index (χ1v) is 7.87. The van der Waals surface area contributed by atoms with Crippen LogP contribution in [0.4, 0.5) is 0 Å². The topological polar surface area (TPSA) is 44.8 Å². The van der Waals surface area contributed by atoms with Gasteiger partial charge in [0.1, 0.15) is 25.2 Å². The van der Waals surface area contributed by atoms with Gasteiger partial charge in [-0.05, 0) is 53.8 Å². The van der Waals surface area contributed by atoms with Crippen LogP contribution in [-0.2, 0) is 0 Å². The number of aldehydes is 1. The Bertz CT molecular complexity index is 638. The molecule has 0 aliphatic carbocycles. The van der Waals surface area contributed by atoms with Crippen LogP contribution in [0.15, 0.2) is 36.4 Å². The summed E-state index contributed by atoms with van der Waals surface area (Å²) in [6, 6.07) is 11.3. The normalized spacial score (nSPS) is 10.1. The number of halogens is 1. The summed E-state index contributed by atoms with van der Waals surface area (Å²) < 4.78 is 17.4. The average Bonchev–Trinajstić information content (AvgIpc) is 2.53. The van der Waals surface area contributed by atoms with Crippen LogP contribution in [0.25, 0.3) is 0 Å². The number of methoxy groups -OCH3 is 1. The lowest BCUT2D eigenvalue weighted by Gasteiger charge is -2.13. The molecule has 0 atom stereocenters. The van der Waals surface area contributed by atoms with Gasteiger partial charge in [0.25, 0.3) is 0 Å². The maximum Gasteiger partial charge on any atom is 0.174 e. The number of carbonyl (C=O) groups is 1. The van der Waals surface area contributed by atoms with Gasteiger partial charge >= 0.3 is 0 Å². The largest absolute Gasteiger partial charge is 0.493 e. The molecule has 2 aromatic rings. The van der Waals surface area contributed by atoms with Crippen LogP contribution in [-0.4, -0.2) is 26.6 Å². The van der Waals surface area contributed by atoms with Crippen LogP contribution in [0, 0.1) is 10.5 Å². The quantitative estimate of drug-likeness (QED) is 0.394. The molecule has 0 fully saturated rings. The minimum absolute atomic E-state index is 0.390. The third kappa shape index (κ3) is 4.37. The summed E-state index contributed by atoms with van der Waals surface area (Å²) in [5, 5.41) is 0. The minimum Gasteiger partial charge on any atom is -0.493 e. The molecule has 0 aromatic heterocycles. The number of ether oxygens (including phenoxy) is 3. The van der Waals surface area contributed by atoms with Crippen molar-refractivity contribution in [3.05, 3.63) is 51.1 Å². The van der Waals surface area contributed by atoms with Gasteiger partial charge in [0.15, 0.2) is 11.5 Å². The highest BCUT2D eigenvalue weighted by molar-refractivity contribution is 14.1. The van der Waals surface area contributed by atoms with E-state index in [4.69, 9.17) is 14.2 Å². The number of rotatable bonds is 7. The van der Waals surface area contributed by atoms with Gasteiger partial charge in [-0.1, -0.05) is 17.7 Å². The van der Waals surface area contributed by atoms with Gasteiger partial charge in [-0.2, -0.15) is 0 Å². The average molecular weight is 412 g/mol. The number of benzene rings is 2. The molecule has 0 radical (unpaired) electrons. The molecule has 0 bridgehead atoms. The molecule has 0 aliphatic rings. The van der Waals surface area contributed by atoms with Crippen molar-refractivity contribution in [1.82, 2.24) is 0 Å². The van der Waals surface area contributed by atoms with E-state index < -0.39 is 0 Å². The molecule has 4 nitrogen and oxygen atoms in total. The number of carbonyl (C=O) groups excluding carboxylic acids is 1. The lowest BCUT2D eigenvalue weighted by molar-refractivity contribution is 0.112. The molecule has 0 saturated carbocycles. The summed E-state index contributed by atoms with van der Waals surface area (Å²) >= 11 is 2.12. The predicted molar refractivity (Wildman–Crippen MR) is 93.3 cm³/mol. The second-order valence-electron chi connectivity index (χ2n) is 4.66. The fourth-order valence-electron chi connectivity index (χ4n) is 1.89. The van der Waals surface area contributed by atoms with Gasteiger partial charge in [0, 0.05) is 5.56 Å². The van der Waals surface area contributed by atoms with Crippen LogP contribution < -0.4 is 14.2 Å². The summed E-state index contributed by atoms with van der Waals surface area (Å²) in [6.07, 6.45) is 0.787. The van der Waals surface area contributed by atoms with E-state index in [2.05, 4.69) is 22.6 Å². The van der Waals surface area contributed by atoms with Gasteiger partial charge < -0.3 is 14.2 Å². The SMILES string of the molecule is COc1cc(C=O)cc(I)c1OCCOc1ccc(C)cc1. The Morgan fingerprint density at radius 1 is 1.09 bits per heavy atom. The van der Waals surface area contributed by atoms with Gasteiger partial charge in [0.05, 0.1) is 10.7 Å².